The molecule has 1 aromatic heterocycles. The number of aryl methyl sites for hydroxylation is 2. The molecule has 0 fully saturated rings. The summed E-state index contributed by atoms with van der Waals surface area (Å²) in [6, 6.07) is 3.25. The van der Waals surface area contributed by atoms with Gasteiger partial charge >= 0.3 is 0 Å². The molecule has 0 aliphatic carbocycles. The summed E-state index contributed by atoms with van der Waals surface area (Å²) in [4.78, 5) is 12.2. The van der Waals surface area contributed by atoms with E-state index >= 15 is 0 Å². The van der Waals surface area contributed by atoms with Crippen LogP contribution in [-0.2, 0) is 0 Å². The number of tetrazole rings is 1. The first-order chi connectivity index (χ1) is 8.99. The number of nitrogens with two attached hydrogens (primary N) is 1. The molecule has 1 aromatic carbocycles. The van der Waals surface area contributed by atoms with Crippen molar-refractivity contribution in [3.05, 3.63) is 34.6 Å². The second kappa shape index (κ2) is 5.05. The zero-order valence-corrected chi connectivity index (χ0v) is 11.1. The van der Waals surface area contributed by atoms with E-state index in [0.29, 0.717) is 17.1 Å². The molecule has 7 heteroatoms. The van der Waals surface area contributed by atoms with Gasteiger partial charge in [0, 0.05) is 11.3 Å². The maximum Gasteiger partial charge on any atom is 0.252 e. The minimum Gasteiger partial charge on any atom is -0.398 e. The summed E-state index contributed by atoms with van der Waals surface area (Å²) in [5, 5.41) is 16.3. The van der Waals surface area contributed by atoms with Gasteiger partial charge in [0.2, 0.25) is 0 Å². The third kappa shape index (κ3) is 2.70. The molecule has 100 valence electrons. The molecule has 0 bridgehead atoms. The molecular weight excluding hydrogens is 244 g/mol. The normalized spacial score (nSPS) is 12.2. The molecule has 2 aromatic rings. The lowest BCUT2D eigenvalue weighted by Gasteiger charge is -2.13. The number of H-pyrrole nitrogens is 1. The van der Waals surface area contributed by atoms with Crippen molar-refractivity contribution in [2.75, 3.05) is 5.73 Å². The van der Waals surface area contributed by atoms with Gasteiger partial charge in [-0.05, 0) is 38.0 Å². The molecule has 0 aliphatic rings. The van der Waals surface area contributed by atoms with Crippen LogP contribution >= 0.6 is 0 Å². The molecule has 1 amide bonds. The average molecular weight is 260 g/mol. The van der Waals surface area contributed by atoms with Crippen LogP contribution in [0.1, 0.15) is 40.3 Å². The van der Waals surface area contributed by atoms with Gasteiger partial charge < -0.3 is 11.1 Å². The first-order valence-corrected chi connectivity index (χ1v) is 5.90. The predicted octanol–water partition coefficient (Wildman–Crippen LogP) is 0.890. The van der Waals surface area contributed by atoms with Crippen LogP contribution < -0.4 is 11.1 Å². The van der Waals surface area contributed by atoms with Crippen molar-refractivity contribution in [2.24, 2.45) is 0 Å². The first-order valence-electron chi connectivity index (χ1n) is 5.90. The lowest BCUT2D eigenvalue weighted by molar-refractivity contribution is 0.0937. The van der Waals surface area contributed by atoms with Gasteiger partial charge in [0.1, 0.15) is 0 Å². The van der Waals surface area contributed by atoms with E-state index in [-0.39, 0.29) is 11.9 Å². The SMILES string of the molecule is Cc1cc(C)c(C(=O)NC(C)c2nn[nH]n2)cc1N. The Morgan fingerprint density at radius 3 is 2.74 bits per heavy atom. The van der Waals surface area contributed by atoms with Gasteiger partial charge in [-0.1, -0.05) is 11.3 Å². The van der Waals surface area contributed by atoms with Crippen molar-refractivity contribution < 1.29 is 4.79 Å². The average Bonchev–Trinajstić information content (AvgIpc) is 2.87. The number of nitrogens with one attached hydrogen (secondary N) is 2. The number of carbonyl (C=O) groups is 1. The summed E-state index contributed by atoms with van der Waals surface area (Å²) < 4.78 is 0. The van der Waals surface area contributed by atoms with Gasteiger partial charge in [-0.15, -0.1) is 10.2 Å². The van der Waals surface area contributed by atoms with Crippen molar-refractivity contribution in [2.45, 2.75) is 26.8 Å². The summed E-state index contributed by atoms with van der Waals surface area (Å²) in [7, 11) is 0. The van der Waals surface area contributed by atoms with Crippen LogP contribution in [0.2, 0.25) is 0 Å². The molecule has 4 N–H and O–H groups in total. The number of aromatic nitrogens is 4. The number of anilines is 1. The number of aromatic amines is 1. The predicted molar refractivity (Wildman–Crippen MR) is 70.4 cm³/mol. The summed E-state index contributed by atoms with van der Waals surface area (Å²) in [5.41, 5.74) is 8.82. The largest absolute Gasteiger partial charge is 0.398 e. The Bertz CT molecular complexity index is 593. The fourth-order valence-electron chi connectivity index (χ4n) is 1.81. The second-order valence-corrected chi connectivity index (χ2v) is 4.49. The van der Waals surface area contributed by atoms with Crippen molar-refractivity contribution in [1.29, 1.82) is 0 Å². The minimum atomic E-state index is -0.326. The van der Waals surface area contributed by atoms with Gasteiger partial charge in [-0.2, -0.15) is 5.21 Å². The monoisotopic (exact) mass is 260 g/mol. The number of benzene rings is 1. The molecule has 0 saturated carbocycles. The molecule has 0 radical (unpaired) electrons. The minimum absolute atomic E-state index is 0.207. The highest BCUT2D eigenvalue weighted by atomic mass is 16.1. The van der Waals surface area contributed by atoms with Crippen LogP contribution in [0.4, 0.5) is 5.69 Å². The Kier molecular flexibility index (Phi) is 3.46. The zero-order valence-electron chi connectivity index (χ0n) is 11.1. The van der Waals surface area contributed by atoms with E-state index < -0.39 is 0 Å². The lowest BCUT2D eigenvalue weighted by atomic mass is 10.0. The van der Waals surface area contributed by atoms with E-state index in [2.05, 4.69) is 25.9 Å². The molecule has 1 unspecified atom stereocenters. The van der Waals surface area contributed by atoms with Crippen LogP contribution in [0.25, 0.3) is 0 Å². The Morgan fingerprint density at radius 1 is 1.37 bits per heavy atom. The Hall–Kier alpha value is -2.44. The number of nitrogens with zero attached hydrogens (tertiary/aromatic N) is 3. The van der Waals surface area contributed by atoms with Crippen molar-refractivity contribution in [1.82, 2.24) is 25.9 Å². The summed E-state index contributed by atoms with van der Waals surface area (Å²) in [6.45, 7) is 5.57. The molecule has 2 rings (SSSR count). The van der Waals surface area contributed by atoms with Gasteiger partial charge in [0.15, 0.2) is 5.82 Å². The fourth-order valence-corrected chi connectivity index (χ4v) is 1.81. The standard InChI is InChI=1S/C12H16N6O/c1-6-4-7(2)10(13)5-9(6)12(19)14-8(3)11-15-17-18-16-11/h4-5,8H,13H2,1-3H3,(H,14,19)(H,15,16,17,18). The molecule has 1 heterocycles. The summed E-state index contributed by atoms with van der Waals surface area (Å²) >= 11 is 0. The number of rotatable bonds is 3. The van der Waals surface area contributed by atoms with Gasteiger partial charge in [0.25, 0.3) is 5.91 Å². The van der Waals surface area contributed by atoms with E-state index in [1.54, 1.807) is 13.0 Å². The van der Waals surface area contributed by atoms with Crippen LogP contribution in [0.15, 0.2) is 12.1 Å². The molecule has 7 nitrogen and oxygen atoms in total. The van der Waals surface area contributed by atoms with Gasteiger partial charge in [-0.25, -0.2) is 0 Å². The topological polar surface area (TPSA) is 110 Å². The van der Waals surface area contributed by atoms with Crippen LogP contribution in [0, 0.1) is 13.8 Å². The van der Waals surface area contributed by atoms with Gasteiger partial charge in [0.05, 0.1) is 6.04 Å². The highest BCUT2D eigenvalue weighted by Gasteiger charge is 2.16. The molecule has 1 atom stereocenters. The molecule has 0 aliphatic heterocycles. The van der Waals surface area contributed by atoms with Crippen LogP contribution in [0.5, 0.6) is 0 Å². The maximum atomic E-state index is 12.2. The zero-order chi connectivity index (χ0) is 14.0. The van der Waals surface area contributed by atoms with E-state index in [1.165, 1.54) is 0 Å². The number of carbonyl (C=O) groups excluding carboxylic acids is 1. The van der Waals surface area contributed by atoms with E-state index in [0.717, 1.165) is 11.1 Å². The van der Waals surface area contributed by atoms with Crippen molar-refractivity contribution in [3.63, 3.8) is 0 Å². The molecule has 0 saturated heterocycles. The Morgan fingerprint density at radius 2 is 2.11 bits per heavy atom. The fraction of sp³-hybridized carbons (Fsp3) is 0.333. The van der Waals surface area contributed by atoms with E-state index in [9.17, 15) is 4.79 Å². The second-order valence-electron chi connectivity index (χ2n) is 4.49. The van der Waals surface area contributed by atoms with Crippen molar-refractivity contribution >= 4 is 11.6 Å². The van der Waals surface area contributed by atoms with E-state index in [1.807, 2.05) is 19.9 Å². The summed E-state index contributed by atoms with van der Waals surface area (Å²) in [6.07, 6.45) is 0. The molecule has 19 heavy (non-hydrogen) atoms. The van der Waals surface area contributed by atoms with E-state index in [4.69, 9.17) is 5.73 Å². The third-order valence-corrected chi connectivity index (χ3v) is 2.95. The van der Waals surface area contributed by atoms with Gasteiger partial charge in [-0.3, -0.25) is 4.79 Å². The number of amides is 1. The third-order valence-electron chi connectivity index (χ3n) is 2.95. The highest BCUT2D eigenvalue weighted by Crippen LogP contribution is 2.18. The maximum absolute atomic E-state index is 12.2. The Labute approximate surface area is 110 Å². The Balaban J connectivity index is 2.19. The molecular formula is C12H16N6O. The van der Waals surface area contributed by atoms with Crippen LogP contribution in [-0.4, -0.2) is 26.5 Å². The lowest BCUT2D eigenvalue weighted by Crippen LogP contribution is -2.28. The summed E-state index contributed by atoms with van der Waals surface area (Å²) in [5.74, 6) is 0.229. The van der Waals surface area contributed by atoms with Crippen LogP contribution in [0.3, 0.4) is 0 Å². The molecule has 0 spiro atoms. The first kappa shape index (κ1) is 13.0. The number of nitrogen functional groups attached to an aromatic ring is 1. The quantitative estimate of drug-likeness (QED) is 0.710. The highest BCUT2D eigenvalue weighted by molar-refractivity contribution is 5.96. The number of hydrogen-bond donors (Lipinski definition) is 3. The number of hydrogen-bond acceptors (Lipinski definition) is 5. The smallest absolute Gasteiger partial charge is 0.252 e. The van der Waals surface area contributed by atoms with Crippen molar-refractivity contribution in [3.8, 4) is 0 Å².